The molecule has 6 rings (SSSR count). The molecule has 0 aliphatic carbocycles. The normalized spacial score (nSPS) is 24.1. The minimum absolute atomic E-state index is 0.0442. The number of aromatic nitrogens is 2. The molecule has 1 aromatic heterocycles. The Morgan fingerprint density at radius 2 is 1.71 bits per heavy atom. The lowest BCUT2D eigenvalue weighted by Crippen LogP contribution is -2.75. The molecule has 3 aliphatic heterocycles. The Morgan fingerprint density at radius 3 is 2.39 bits per heavy atom. The second-order valence-corrected chi connectivity index (χ2v) is 11.0. The first-order valence-corrected chi connectivity index (χ1v) is 13.0. The van der Waals surface area contributed by atoms with Crippen LogP contribution in [0.4, 0.5) is 19.3 Å². The molecule has 1 unspecified atom stereocenters. The Kier molecular flexibility index (Phi) is 5.74. The highest BCUT2D eigenvalue weighted by molar-refractivity contribution is 7.18. The topological polar surface area (TPSA) is 114 Å². The van der Waals surface area contributed by atoms with Crippen LogP contribution >= 0.6 is 22.9 Å². The van der Waals surface area contributed by atoms with Gasteiger partial charge in [0.25, 0.3) is 0 Å². The van der Waals surface area contributed by atoms with E-state index >= 15 is 8.78 Å². The summed E-state index contributed by atoms with van der Waals surface area (Å²) in [6, 6.07) is 6.43. The quantitative estimate of drug-likeness (QED) is 0.460. The highest BCUT2D eigenvalue weighted by Gasteiger charge is 2.63. The molecule has 4 amide bonds. The van der Waals surface area contributed by atoms with Crippen LogP contribution in [0.3, 0.4) is 0 Å². The van der Waals surface area contributed by atoms with E-state index in [0.29, 0.717) is 15.6 Å². The minimum atomic E-state index is -1.81. The van der Waals surface area contributed by atoms with E-state index in [1.807, 2.05) is 0 Å². The number of anilines is 1. The lowest BCUT2D eigenvalue weighted by atomic mass is 9.66. The van der Waals surface area contributed by atoms with Crippen molar-refractivity contribution in [2.45, 2.75) is 38.5 Å². The number of benzene rings is 2. The molecule has 9 nitrogen and oxygen atoms in total. The second kappa shape index (κ2) is 8.79. The Labute approximate surface area is 224 Å². The molecule has 196 valence electrons. The maximum atomic E-state index is 15.9. The van der Waals surface area contributed by atoms with E-state index in [1.54, 1.807) is 38.1 Å². The number of nitrogens with one attached hydrogen (secondary N) is 2. The standard InChI is InChI=1S/C25H20ClF2N5O4S/c1-10-9-33-18-12(8-25(19(33)11(2)37-10)22(34)29-24(36)30-23(25)35)7-14(16(27)17(18)28)21-32-31-20(38-21)13-5-3-4-6-15(13)26/h3-7,10-11,19H,8-9H2,1-2H3,(H2,29,30,34,35,36)/t10-,11+,19?/m0/s1. The molecule has 4 heterocycles. The lowest BCUT2D eigenvalue weighted by molar-refractivity contribution is -0.153. The number of halogens is 3. The molecule has 0 bridgehead atoms. The summed E-state index contributed by atoms with van der Waals surface area (Å²) >= 11 is 7.29. The maximum absolute atomic E-state index is 15.9. The summed E-state index contributed by atoms with van der Waals surface area (Å²) in [5, 5.41) is 13.5. The smallest absolute Gasteiger partial charge is 0.328 e. The molecule has 3 atom stereocenters. The number of amides is 4. The van der Waals surface area contributed by atoms with Crippen molar-refractivity contribution in [2.75, 3.05) is 11.4 Å². The molecule has 2 aromatic carbocycles. The van der Waals surface area contributed by atoms with E-state index in [9.17, 15) is 14.4 Å². The largest absolute Gasteiger partial charge is 0.372 e. The minimum Gasteiger partial charge on any atom is -0.372 e. The van der Waals surface area contributed by atoms with Crippen LogP contribution in [0.1, 0.15) is 19.4 Å². The molecule has 0 radical (unpaired) electrons. The number of urea groups is 1. The highest BCUT2D eigenvalue weighted by atomic mass is 35.5. The Hall–Kier alpha value is -3.48. The molecule has 2 N–H and O–H groups in total. The molecule has 3 aliphatic rings. The van der Waals surface area contributed by atoms with Crippen LogP contribution < -0.4 is 15.5 Å². The first-order chi connectivity index (χ1) is 18.1. The average molecular weight is 560 g/mol. The molecule has 2 fully saturated rings. The molecule has 38 heavy (non-hydrogen) atoms. The van der Waals surface area contributed by atoms with Gasteiger partial charge in [0.1, 0.15) is 5.01 Å². The third kappa shape index (κ3) is 3.54. The number of barbiturate groups is 1. The monoisotopic (exact) mass is 559 g/mol. The average Bonchev–Trinajstić information content (AvgIpc) is 3.34. The van der Waals surface area contributed by atoms with Gasteiger partial charge < -0.3 is 9.64 Å². The summed E-state index contributed by atoms with van der Waals surface area (Å²) in [6.07, 6.45) is -1.39. The van der Waals surface area contributed by atoms with Crippen LogP contribution in [-0.4, -0.2) is 52.8 Å². The van der Waals surface area contributed by atoms with Crippen molar-refractivity contribution in [3.05, 3.63) is 52.6 Å². The van der Waals surface area contributed by atoms with E-state index in [2.05, 4.69) is 20.8 Å². The number of rotatable bonds is 2. The Morgan fingerprint density at radius 1 is 1.05 bits per heavy atom. The molecule has 13 heteroatoms. The van der Waals surface area contributed by atoms with E-state index in [1.165, 1.54) is 11.0 Å². The van der Waals surface area contributed by atoms with Crippen molar-refractivity contribution in [2.24, 2.45) is 5.41 Å². The Balaban J connectivity index is 1.52. The number of morpholine rings is 1. The van der Waals surface area contributed by atoms with Gasteiger partial charge in [0.15, 0.2) is 22.1 Å². The fourth-order valence-corrected chi connectivity index (χ4v) is 6.94. The zero-order valence-electron chi connectivity index (χ0n) is 20.0. The highest BCUT2D eigenvalue weighted by Crippen LogP contribution is 2.49. The zero-order chi connectivity index (χ0) is 26.9. The maximum Gasteiger partial charge on any atom is 0.328 e. The van der Waals surface area contributed by atoms with Gasteiger partial charge in [0.05, 0.1) is 34.5 Å². The van der Waals surface area contributed by atoms with Crippen molar-refractivity contribution in [3.63, 3.8) is 0 Å². The van der Waals surface area contributed by atoms with Crippen molar-refractivity contribution in [1.82, 2.24) is 20.8 Å². The molecule has 0 saturated carbocycles. The summed E-state index contributed by atoms with van der Waals surface area (Å²) in [5.74, 6) is -3.89. The second-order valence-electron chi connectivity index (χ2n) is 9.59. The summed E-state index contributed by atoms with van der Waals surface area (Å²) in [4.78, 5) is 40.0. The number of carbonyl (C=O) groups excluding carboxylic acids is 3. The summed E-state index contributed by atoms with van der Waals surface area (Å²) in [7, 11) is 0. The summed E-state index contributed by atoms with van der Waals surface area (Å²) in [6.45, 7) is 3.53. The number of imide groups is 2. The van der Waals surface area contributed by atoms with Gasteiger partial charge in [-0.05, 0) is 31.5 Å². The predicted molar refractivity (Wildman–Crippen MR) is 135 cm³/mol. The molecule has 2 saturated heterocycles. The van der Waals surface area contributed by atoms with Crippen LogP contribution in [0.2, 0.25) is 5.02 Å². The number of fused-ring (bicyclic) bond motifs is 4. The number of ether oxygens (including phenoxy) is 1. The van der Waals surface area contributed by atoms with Gasteiger partial charge in [0.2, 0.25) is 11.8 Å². The fraction of sp³-hybridized carbons (Fsp3) is 0.320. The number of carbonyl (C=O) groups is 3. The van der Waals surface area contributed by atoms with Crippen molar-refractivity contribution in [3.8, 4) is 21.1 Å². The summed E-state index contributed by atoms with van der Waals surface area (Å²) < 4.78 is 37.4. The van der Waals surface area contributed by atoms with Gasteiger partial charge in [-0.25, -0.2) is 13.6 Å². The molecular weight excluding hydrogens is 540 g/mol. The van der Waals surface area contributed by atoms with Crippen LogP contribution in [0.25, 0.3) is 21.1 Å². The van der Waals surface area contributed by atoms with Gasteiger partial charge in [-0.2, -0.15) is 0 Å². The van der Waals surface area contributed by atoms with Crippen LogP contribution in [0.15, 0.2) is 30.3 Å². The predicted octanol–water partition coefficient (Wildman–Crippen LogP) is 3.69. The van der Waals surface area contributed by atoms with E-state index < -0.39 is 53.1 Å². The van der Waals surface area contributed by atoms with Crippen molar-refractivity contribution in [1.29, 1.82) is 0 Å². The fourth-order valence-electron chi connectivity index (χ4n) is 5.77. The third-order valence-electron chi connectivity index (χ3n) is 7.23. The van der Waals surface area contributed by atoms with Gasteiger partial charge >= 0.3 is 6.03 Å². The van der Waals surface area contributed by atoms with Crippen LogP contribution in [-0.2, 0) is 20.7 Å². The number of hydrogen-bond acceptors (Lipinski definition) is 8. The molecule has 1 spiro atoms. The van der Waals surface area contributed by atoms with Crippen LogP contribution in [0.5, 0.6) is 0 Å². The molecule has 3 aromatic rings. The van der Waals surface area contributed by atoms with Gasteiger partial charge in [-0.15, -0.1) is 10.2 Å². The van der Waals surface area contributed by atoms with Crippen LogP contribution in [0, 0.1) is 17.0 Å². The summed E-state index contributed by atoms with van der Waals surface area (Å²) in [5.41, 5.74) is -1.20. The van der Waals surface area contributed by atoms with E-state index in [0.717, 1.165) is 11.3 Å². The Bertz CT molecular complexity index is 1510. The van der Waals surface area contributed by atoms with E-state index in [-0.39, 0.29) is 34.8 Å². The zero-order valence-corrected chi connectivity index (χ0v) is 21.6. The SMILES string of the molecule is C[C@H]1CN2c3c(cc(-c4nnc(-c5ccccc5Cl)s4)c(F)c3F)CC3(C(=O)NC(=O)NC3=O)C2[C@@H](C)O1. The number of nitrogens with zero attached hydrogens (tertiary/aromatic N) is 3. The van der Waals surface area contributed by atoms with Crippen molar-refractivity contribution >= 4 is 46.5 Å². The van der Waals surface area contributed by atoms with Gasteiger partial charge in [-0.1, -0.05) is 41.1 Å². The van der Waals surface area contributed by atoms with E-state index in [4.69, 9.17) is 16.3 Å². The first-order valence-electron chi connectivity index (χ1n) is 11.8. The van der Waals surface area contributed by atoms with Crippen molar-refractivity contribution < 1.29 is 27.9 Å². The number of hydrogen-bond donors (Lipinski definition) is 2. The van der Waals surface area contributed by atoms with Gasteiger partial charge in [0, 0.05) is 18.5 Å². The first kappa shape index (κ1) is 24.8. The molecular formula is C25H20ClF2N5O4S. The third-order valence-corrected chi connectivity index (χ3v) is 8.55. The van der Waals surface area contributed by atoms with Gasteiger partial charge in [-0.3, -0.25) is 20.2 Å². The lowest BCUT2D eigenvalue weighted by Gasteiger charge is -2.55.